The first-order chi connectivity index (χ1) is 14.6. The minimum atomic E-state index is -0.783. The van der Waals surface area contributed by atoms with Crippen LogP contribution >= 0.6 is 0 Å². The molecule has 1 N–H and O–H groups in total. The standard InChI is InChI=1S/C27H24N2O/c1-18-15-24-25(16-19(18)2)29(27(28-24)26(30)21-10-4-3-5-11-21)17-22-13-8-12-20-9-6-7-14-23(20)22/h3-16,26,30H,17H2,1-2H3. The molecule has 0 bridgehead atoms. The minimum absolute atomic E-state index is 0.652. The highest BCUT2D eigenvalue weighted by Crippen LogP contribution is 2.29. The van der Waals surface area contributed by atoms with Crippen LogP contribution in [0.25, 0.3) is 21.8 Å². The Kier molecular flexibility index (Phi) is 4.61. The molecular formula is C27H24N2O. The summed E-state index contributed by atoms with van der Waals surface area (Å²) in [7, 11) is 0. The molecule has 30 heavy (non-hydrogen) atoms. The highest BCUT2D eigenvalue weighted by molar-refractivity contribution is 5.86. The Morgan fingerprint density at radius 3 is 2.37 bits per heavy atom. The van der Waals surface area contributed by atoms with Crippen molar-refractivity contribution in [2.24, 2.45) is 0 Å². The van der Waals surface area contributed by atoms with E-state index in [1.54, 1.807) is 0 Å². The van der Waals surface area contributed by atoms with Crippen LogP contribution in [0.1, 0.15) is 34.2 Å². The zero-order valence-corrected chi connectivity index (χ0v) is 17.2. The number of fused-ring (bicyclic) bond motifs is 2. The van der Waals surface area contributed by atoms with Gasteiger partial charge in [-0.2, -0.15) is 0 Å². The van der Waals surface area contributed by atoms with Gasteiger partial charge in [-0.05, 0) is 59.0 Å². The molecule has 0 aliphatic heterocycles. The van der Waals surface area contributed by atoms with Crippen molar-refractivity contribution in [3.8, 4) is 0 Å². The van der Waals surface area contributed by atoms with E-state index in [1.165, 1.54) is 27.5 Å². The monoisotopic (exact) mass is 392 g/mol. The second kappa shape index (κ2) is 7.43. The van der Waals surface area contributed by atoms with Gasteiger partial charge < -0.3 is 9.67 Å². The van der Waals surface area contributed by atoms with Crippen LogP contribution in [0.15, 0.2) is 84.9 Å². The predicted molar refractivity (Wildman–Crippen MR) is 123 cm³/mol. The summed E-state index contributed by atoms with van der Waals surface area (Å²) in [5.74, 6) is 0.675. The van der Waals surface area contributed by atoms with Crippen molar-refractivity contribution in [3.05, 3.63) is 113 Å². The van der Waals surface area contributed by atoms with Gasteiger partial charge in [0, 0.05) is 0 Å². The molecule has 148 valence electrons. The predicted octanol–water partition coefficient (Wildman–Crippen LogP) is 5.94. The number of hydrogen-bond donors (Lipinski definition) is 1. The van der Waals surface area contributed by atoms with Gasteiger partial charge in [0.25, 0.3) is 0 Å². The van der Waals surface area contributed by atoms with Crippen LogP contribution < -0.4 is 0 Å². The maximum Gasteiger partial charge on any atom is 0.143 e. The maximum atomic E-state index is 11.2. The number of aliphatic hydroxyl groups is 1. The summed E-state index contributed by atoms with van der Waals surface area (Å²) in [6, 6.07) is 28.9. The summed E-state index contributed by atoms with van der Waals surface area (Å²) in [5, 5.41) is 13.7. The topological polar surface area (TPSA) is 38.1 Å². The Hall–Kier alpha value is -3.43. The third-order valence-corrected chi connectivity index (χ3v) is 5.96. The molecule has 3 nitrogen and oxygen atoms in total. The number of rotatable bonds is 4. The van der Waals surface area contributed by atoms with Crippen LogP contribution in [0, 0.1) is 13.8 Å². The Balaban J connectivity index is 1.71. The summed E-state index contributed by atoms with van der Waals surface area (Å²) in [6.07, 6.45) is -0.783. The molecule has 0 spiro atoms. The van der Waals surface area contributed by atoms with Crippen molar-refractivity contribution in [3.63, 3.8) is 0 Å². The van der Waals surface area contributed by atoms with Crippen LogP contribution in [-0.2, 0) is 6.54 Å². The summed E-state index contributed by atoms with van der Waals surface area (Å²) >= 11 is 0. The Morgan fingerprint density at radius 2 is 1.53 bits per heavy atom. The van der Waals surface area contributed by atoms with Crippen LogP contribution in [0.4, 0.5) is 0 Å². The first-order valence-corrected chi connectivity index (χ1v) is 10.3. The molecule has 0 aliphatic rings. The van der Waals surface area contributed by atoms with Gasteiger partial charge in [0.05, 0.1) is 17.6 Å². The second-order valence-electron chi connectivity index (χ2n) is 7.93. The summed E-state index contributed by atoms with van der Waals surface area (Å²) in [4.78, 5) is 4.88. The van der Waals surface area contributed by atoms with E-state index in [0.717, 1.165) is 16.6 Å². The van der Waals surface area contributed by atoms with Crippen LogP contribution in [0.2, 0.25) is 0 Å². The molecule has 0 aliphatic carbocycles. The molecule has 1 atom stereocenters. The van der Waals surface area contributed by atoms with Crippen molar-refractivity contribution >= 4 is 21.8 Å². The summed E-state index contributed by atoms with van der Waals surface area (Å²) in [5.41, 5.74) is 6.47. The molecule has 1 aromatic heterocycles. The average Bonchev–Trinajstić information content (AvgIpc) is 3.11. The first-order valence-electron chi connectivity index (χ1n) is 10.3. The molecule has 1 heterocycles. The number of aliphatic hydroxyl groups excluding tert-OH is 1. The third-order valence-electron chi connectivity index (χ3n) is 5.96. The van der Waals surface area contributed by atoms with Crippen molar-refractivity contribution in [2.45, 2.75) is 26.5 Å². The van der Waals surface area contributed by atoms with E-state index in [1.807, 2.05) is 30.3 Å². The van der Waals surface area contributed by atoms with Crippen molar-refractivity contribution < 1.29 is 5.11 Å². The van der Waals surface area contributed by atoms with E-state index < -0.39 is 6.10 Å². The smallest absolute Gasteiger partial charge is 0.143 e. The molecule has 1 unspecified atom stereocenters. The van der Waals surface area contributed by atoms with Crippen LogP contribution in [-0.4, -0.2) is 14.7 Å². The number of hydrogen-bond acceptors (Lipinski definition) is 2. The van der Waals surface area contributed by atoms with Crippen molar-refractivity contribution in [1.82, 2.24) is 9.55 Å². The fraction of sp³-hybridized carbons (Fsp3) is 0.148. The molecule has 3 heteroatoms. The number of aryl methyl sites for hydroxylation is 2. The fourth-order valence-corrected chi connectivity index (χ4v) is 4.16. The quantitative estimate of drug-likeness (QED) is 0.411. The molecule has 0 fully saturated rings. The lowest BCUT2D eigenvalue weighted by molar-refractivity contribution is 0.206. The Labute approximate surface area is 176 Å². The lowest BCUT2D eigenvalue weighted by atomic mass is 10.0. The normalized spacial score (nSPS) is 12.5. The highest BCUT2D eigenvalue weighted by atomic mass is 16.3. The lowest BCUT2D eigenvalue weighted by Crippen LogP contribution is -2.11. The largest absolute Gasteiger partial charge is 0.380 e. The molecule has 0 radical (unpaired) electrons. The van der Waals surface area contributed by atoms with E-state index in [4.69, 9.17) is 4.98 Å². The molecule has 5 aromatic rings. The van der Waals surface area contributed by atoms with Gasteiger partial charge in [-0.1, -0.05) is 72.8 Å². The molecular weight excluding hydrogens is 368 g/mol. The Bertz CT molecular complexity index is 1350. The van der Waals surface area contributed by atoms with Crippen molar-refractivity contribution in [1.29, 1.82) is 0 Å². The minimum Gasteiger partial charge on any atom is -0.380 e. The molecule has 5 rings (SSSR count). The lowest BCUT2D eigenvalue weighted by Gasteiger charge is -2.16. The number of imidazole rings is 1. The van der Waals surface area contributed by atoms with Gasteiger partial charge >= 0.3 is 0 Å². The number of benzene rings is 4. The van der Waals surface area contributed by atoms with Crippen LogP contribution in [0.3, 0.4) is 0 Å². The van der Waals surface area contributed by atoms with E-state index in [-0.39, 0.29) is 0 Å². The SMILES string of the molecule is Cc1cc2nc(C(O)c3ccccc3)n(Cc3cccc4ccccc34)c2cc1C. The van der Waals surface area contributed by atoms with E-state index in [2.05, 4.69) is 73.0 Å². The number of aromatic nitrogens is 2. The molecule has 0 amide bonds. The Morgan fingerprint density at radius 1 is 0.833 bits per heavy atom. The molecule has 0 saturated carbocycles. The molecule has 0 saturated heterocycles. The van der Waals surface area contributed by atoms with E-state index in [9.17, 15) is 5.11 Å². The number of nitrogens with zero attached hydrogens (tertiary/aromatic N) is 2. The highest BCUT2D eigenvalue weighted by Gasteiger charge is 2.21. The van der Waals surface area contributed by atoms with E-state index in [0.29, 0.717) is 12.4 Å². The summed E-state index contributed by atoms with van der Waals surface area (Å²) in [6.45, 7) is 4.88. The van der Waals surface area contributed by atoms with Crippen LogP contribution in [0.5, 0.6) is 0 Å². The zero-order valence-electron chi connectivity index (χ0n) is 17.2. The zero-order chi connectivity index (χ0) is 20.7. The van der Waals surface area contributed by atoms with Crippen molar-refractivity contribution in [2.75, 3.05) is 0 Å². The fourth-order valence-electron chi connectivity index (χ4n) is 4.16. The van der Waals surface area contributed by atoms with Gasteiger partial charge in [0.1, 0.15) is 11.9 Å². The second-order valence-corrected chi connectivity index (χ2v) is 7.93. The third kappa shape index (κ3) is 3.17. The summed E-state index contributed by atoms with van der Waals surface area (Å²) < 4.78 is 2.17. The van der Waals surface area contributed by atoms with Gasteiger partial charge in [0.2, 0.25) is 0 Å². The molecule has 4 aromatic carbocycles. The van der Waals surface area contributed by atoms with Gasteiger partial charge in [-0.3, -0.25) is 0 Å². The van der Waals surface area contributed by atoms with E-state index >= 15 is 0 Å². The average molecular weight is 393 g/mol. The first kappa shape index (κ1) is 18.6. The van der Waals surface area contributed by atoms with Gasteiger partial charge in [-0.25, -0.2) is 4.98 Å². The van der Waals surface area contributed by atoms with Gasteiger partial charge in [0.15, 0.2) is 0 Å². The maximum absolute atomic E-state index is 11.2. The van der Waals surface area contributed by atoms with Gasteiger partial charge in [-0.15, -0.1) is 0 Å².